The van der Waals surface area contributed by atoms with Crippen molar-refractivity contribution in [2.75, 3.05) is 26.2 Å². The maximum absolute atomic E-state index is 13.2. The van der Waals surface area contributed by atoms with Crippen molar-refractivity contribution in [1.82, 2.24) is 21.1 Å². The standard InChI is InChI=1S/C24H33FN4.ClH/c1-18-10-12-29(13-11-18)17-20-4-2-19(3-5-20)14-26-15-22-16-27-28-24(22)21-6-8-23(25)9-7-21;/h2-9,18,22,24,26-28H,10-17H2,1H3;1H. The number of rotatable bonds is 7. The van der Waals surface area contributed by atoms with E-state index in [9.17, 15) is 4.39 Å². The van der Waals surface area contributed by atoms with Crippen LogP contribution in [0.2, 0.25) is 0 Å². The molecule has 2 atom stereocenters. The minimum Gasteiger partial charge on any atom is -0.312 e. The van der Waals surface area contributed by atoms with E-state index in [4.69, 9.17) is 0 Å². The van der Waals surface area contributed by atoms with E-state index >= 15 is 0 Å². The van der Waals surface area contributed by atoms with Gasteiger partial charge in [-0.1, -0.05) is 43.3 Å². The second kappa shape index (κ2) is 11.2. The average molecular weight is 433 g/mol. The number of halogens is 2. The largest absolute Gasteiger partial charge is 0.312 e. The highest BCUT2D eigenvalue weighted by molar-refractivity contribution is 5.85. The van der Waals surface area contributed by atoms with Crippen molar-refractivity contribution >= 4 is 12.4 Å². The Balaban J connectivity index is 0.00000256. The van der Waals surface area contributed by atoms with Gasteiger partial charge in [-0.3, -0.25) is 10.3 Å². The summed E-state index contributed by atoms with van der Waals surface area (Å²) >= 11 is 0. The van der Waals surface area contributed by atoms with Crippen molar-refractivity contribution < 1.29 is 4.39 Å². The first-order chi connectivity index (χ1) is 14.2. The van der Waals surface area contributed by atoms with Crippen molar-refractivity contribution in [2.24, 2.45) is 11.8 Å². The molecule has 2 aromatic rings. The molecule has 0 aliphatic carbocycles. The molecule has 3 N–H and O–H groups in total. The third kappa shape index (κ3) is 6.25. The van der Waals surface area contributed by atoms with Gasteiger partial charge in [-0.2, -0.15) is 0 Å². The van der Waals surface area contributed by atoms with Gasteiger partial charge in [0.1, 0.15) is 5.82 Å². The summed E-state index contributed by atoms with van der Waals surface area (Å²) in [5.74, 6) is 1.13. The third-order valence-electron chi connectivity index (χ3n) is 6.36. The van der Waals surface area contributed by atoms with E-state index < -0.39 is 0 Å². The number of hydrazine groups is 1. The summed E-state index contributed by atoms with van der Waals surface area (Å²) in [7, 11) is 0. The van der Waals surface area contributed by atoms with Crippen molar-refractivity contribution in [2.45, 2.75) is 38.9 Å². The topological polar surface area (TPSA) is 39.3 Å². The highest BCUT2D eigenvalue weighted by Gasteiger charge is 2.27. The first-order valence-electron chi connectivity index (χ1n) is 10.9. The maximum atomic E-state index is 13.2. The molecule has 0 saturated carbocycles. The summed E-state index contributed by atoms with van der Waals surface area (Å²) in [6.45, 7) is 8.57. The Labute approximate surface area is 186 Å². The van der Waals surface area contributed by atoms with Crippen LogP contribution in [0, 0.1) is 17.7 Å². The number of hydrogen-bond donors (Lipinski definition) is 3. The van der Waals surface area contributed by atoms with Crippen LogP contribution >= 0.6 is 12.4 Å². The van der Waals surface area contributed by atoms with Crippen LogP contribution < -0.4 is 16.2 Å². The first-order valence-corrected chi connectivity index (χ1v) is 10.9. The summed E-state index contributed by atoms with van der Waals surface area (Å²) in [4.78, 5) is 2.57. The lowest BCUT2D eigenvalue weighted by Gasteiger charge is -2.30. The Hall–Kier alpha value is -1.50. The van der Waals surface area contributed by atoms with E-state index in [1.165, 1.54) is 49.2 Å². The molecule has 164 valence electrons. The zero-order valence-electron chi connectivity index (χ0n) is 17.7. The smallest absolute Gasteiger partial charge is 0.123 e. The Morgan fingerprint density at radius 3 is 2.37 bits per heavy atom. The lowest BCUT2D eigenvalue weighted by atomic mass is 9.95. The second-order valence-corrected chi connectivity index (χ2v) is 8.72. The molecule has 2 heterocycles. The summed E-state index contributed by atoms with van der Waals surface area (Å²) in [5, 5.41) is 3.60. The Kier molecular flexibility index (Phi) is 8.66. The van der Waals surface area contributed by atoms with Gasteiger partial charge in [0.25, 0.3) is 0 Å². The number of nitrogens with zero attached hydrogens (tertiary/aromatic N) is 1. The monoisotopic (exact) mass is 432 g/mol. The van der Waals surface area contributed by atoms with E-state index in [2.05, 4.69) is 52.3 Å². The molecule has 0 bridgehead atoms. The molecule has 0 amide bonds. The Morgan fingerprint density at radius 2 is 1.67 bits per heavy atom. The molecule has 0 aromatic heterocycles. The van der Waals surface area contributed by atoms with Gasteiger partial charge in [0, 0.05) is 32.1 Å². The first kappa shape index (κ1) is 23.2. The fourth-order valence-corrected chi connectivity index (χ4v) is 4.39. The van der Waals surface area contributed by atoms with Gasteiger partial charge in [-0.25, -0.2) is 9.82 Å². The van der Waals surface area contributed by atoms with E-state index in [0.717, 1.165) is 37.7 Å². The molecule has 0 spiro atoms. The molecule has 2 saturated heterocycles. The van der Waals surface area contributed by atoms with Gasteiger partial charge in [-0.05, 0) is 60.7 Å². The predicted molar refractivity (Wildman–Crippen MR) is 123 cm³/mol. The summed E-state index contributed by atoms with van der Waals surface area (Å²) in [6, 6.07) is 16.1. The van der Waals surface area contributed by atoms with Crippen molar-refractivity contribution in [3.63, 3.8) is 0 Å². The van der Waals surface area contributed by atoms with Gasteiger partial charge in [0.05, 0.1) is 6.04 Å². The molecular formula is C24H34ClFN4. The Bertz CT molecular complexity index is 760. The van der Waals surface area contributed by atoms with Crippen molar-refractivity contribution in [3.05, 3.63) is 71.0 Å². The van der Waals surface area contributed by atoms with Crippen molar-refractivity contribution in [1.29, 1.82) is 0 Å². The molecule has 4 rings (SSSR count). The maximum Gasteiger partial charge on any atom is 0.123 e. The number of hydrogen-bond acceptors (Lipinski definition) is 4. The average Bonchev–Trinajstić information content (AvgIpc) is 3.20. The molecule has 30 heavy (non-hydrogen) atoms. The highest BCUT2D eigenvalue weighted by Crippen LogP contribution is 2.24. The van der Waals surface area contributed by atoms with Crippen LogP contribution in [-0.2, 0) is 13.1 Å². The van der Waals surface area contributed by atoms with Crippen LogP contribution in [0.3, 0.4) is 0 Å². The van der Waals surface area contributed by atoms with E-state index in [1.54, 1.807) is 0 Å². The molecule has 2 fully saturated rings. The molecule has 2 unspecified atom stereocenters. The number of likely N-dealkylation sites (tertiary alicyclic amines) is 1. The zero-order chi connectivity index (χ0) is 20.1. The van der Waals surface area contributed by atoms with Gasteiger partial charge >= 0.3 is 0 Å². The van der Waals surface area contributed by atoms with E-state index in [-0.39, 0.29) is 24.3 Å². The normalized spacial score (nSPS) is 22.7. The predicted octanol–water partition coefficient (Wildman–Crippen LogP) is 4.03. The molecule has 6 heteroatoms. The van der Waals surface area contributed by atoms with Crippen LogP contribution in [0.5, 0.6) is 0 Å². The van der Waals surface area contributed by atoms with Gasteiger partial charge < -0.3 is 5.32 Å². The summed E-state index contributed by atoms with van der Waals surface area (Å²) < 4.78 is 13.2. The summed E-state index contributed by atoms with van der Waals surface area (Å²) in [5.41, 5.74) is 10.4. The Morgan fingerprint density at radius 1 is 1.00 bits per heavy atom. The molecule has 0 radical (unpaired) electrons. The number of nitrogens with one attached hydrogen (secondary N) is 3. The summed E-state index contributed by atoms with van der Waals surface area (Å²) in [6.07, 6.45) is 2.65. The van der Waals surface area contributed by atoms with Crippen LogP contribution in [0.1, 0.15) is 42.5 Å². The molecule has 4 nitrogen and oxygen atoms in total. The fourth-order valence-electron chi connectivity index (χ4n) is 4.39. The molecule has 2 aliphatic rings. The number of piperidine rings is 1. The minimum atomic E-state index is -0.187. The van der Waals surface area contributed by atoms with Gasteiger partial charge in [-0.15, -0.1) is 12.4 Å². The highest BCUT2D eigenvalue weighted by atomic mass is 35.5. The van der Waals surface area contributed by atoms with E-state index in [0.29, 0.717) is 5.92 Å². The van der Waals surface area contributed by atoms with Gasteiger partial charge in [0.2, 0.25) is 0 Å². The minimum absolute atomic E-state index is 0. The van der Waals surface area contributed by atoms with Crippen LogP contribution in [-0.4, -0.2) is 31.1 Å². The van der Waals surface area contributed by atoms with Crippen LogP contribution in [0.4, 0.5) is 4.39 Å². The van der Waals surface area contributed by atoms with Gasteiger partial charge in [0.15, 0.2) is 0 Å². The quantitative estimate of drug-likeness (QED) is 0.617. The molecule has 2 aromatic carbocycles. The van der Waals surface area contributed by atoms with Crippen molar-refractivity contribution in [3.8, 4) is 0 Å². The lowest BCUT2D eigenvalue weighted by Crippen LogP contribution is -2.32. The van der Waals surface area contributed by atoms with E-state index in [1.807, 2.05) is 12.1 Å². The lowest BCUT2D eigenvalue weighted by molar-refractivity contribution is 0.185. The van der Waals surface area contributed by atoms with Crippen LogP contribution in [0.25, 0.3) is 0 Å². The third-order valence-corrected chi connectivity index (χ3v) is 6.36. The molecular weight excluding hydrogens is 399 g/mol. The zero-order valence-corrected chi connectivity index (χ0v) is 18.6. The fraction of sp³-hybridized carbons (Fsp3) is 0.500. The second-order valence-electron chi connectivity index (χ2n) is 8.72. The number of benzene rings is 2. The van der Waals surface area contributed by atoms with Crippen LogP contribution in [0.15, 0.2) is 48.5 Å². The molecule has 2 aliphatic heterocycles. The SMILES string of the molecule is CC1CCN(Cc2ccc(CNCC3CNNC3c3ccc(F)cc3)cc2)CC1.Cl.